The molecule has 0 aliphatic heterocycles. The SMILES string of the molecule is Cc1ccc(C(=O)NCC(=O)O[C@H](C(=O)c2ccccc2)c2ccc(Cl)cc2)cc1. The number of amides is 1. The Hall–Kier alpha value is -3.44. The van der Waals surface area contributed by atoms with Crippen molar-refractivity contribution in [1.82, 2.24) is 5.32 Å². The van der Waals surface area contributed by atoms with Crippen LogP contribution < -0.4 is 5.32 Å². The third-order valence-corrected chi connectivity index (χ3v) is 4.68. The molecule has 0 aromatic heterocycles. The van der Waals surface area contributed by atoms with Gasteiger partial charge in [0, 0.05) is 21.7 Å². The Morgan fingerprint density at radius 1 is 0.867 bits per heavy atom. The fourth-order valence-corrected chi connectivity index (χ4v) is 2.92. The molecule has 3 aromatic rings. The van der Waals surface area contributed by atoms with Gasteiger partial charge in [-0.05, 0) is 31.2 Å². The van der Waals surface area contributed by atoms with Gasteiger partial charge in [-0.15, -0.1) is 0 Å². The molecule has 1 N–H and O–H groups in total. The molecule has 0 radical (unpaired) electrons. The predicted molar refractivity (Wildman–Crippen MR) is 115 cm³/mol. The number of nitrogens with one attached hydrogen (secondary N) is 1. The molecule has 30 heavy (non-hydrogen) atoms. The van der Waals surface area contributed by atoms with E-state index in [0.717, 1.165) is 5.56 Å². The second-order valence-corrected chi connectivity index (χ2v) is 7.14. The van der Waals surface area contributed by atoms with Crippen LogP contribution >= 0.6 is 11.6 Å². The Morgan fingerprint density at radius 3 is 2.13 bits per heavy atom. The highest BCUT2D eigenvalue weighted by molar-refractivity contribution is 6.30. The van der Waals surface area contributed by atoms with E-state index >= 15 is 0 Å². The van der Waals surface area contributed by atoms with Crippen molar-refractivity contribution in [2.24, 2.45) is 0 Å². The van der Waals surface area contributed by atoms with Crippen molar-refractivity contribution in [2.45, 2.75) is 13.0 Å². The number of benzene rings is 3. The van der Waals surface area contributed by atoms with Crippen molar-refractivity contribution in [2.75, 3.05) is 6.54 Å². The molecule has 0 bridgehead atoms. The topological polar surface area (TPSA) is 72.5 Å². The van der Waals surface area contributed by atoms with Crippen LogP contribution in [0.25, 0.3) is 0 Å². The summed E-state index contributed by atoms with van der Waals surface area (Å²) in [5, 5.41) is 3.02. The van der Waals surface area contributed by atoms with Crippen molar-refractivity contribution < 1.29 is 19.1 Å². The lowest BCUT2D eigenvalue weighted by Gasteiger charge is -2.18. The van der Waals surface area contributed by atoms with Gasteiger partial charge in [-0.2, -0.15) is 0 Å². The van der Waals surface area contributed by atoms with Gasteiger partial charge in [0.25, 0.3) is 5.91 Å². The molecule has 1 atom stereocenters. The Kier molecular flexibility index (Phi) is 6.99. The second-order valence-electron chi connectivity index (χ2n) is 6.70. The number of ketones is 1. The first-order chi connectivity index (χ1) is 14.4. The molecule has 0 heterocycles. The molecule has 6 heteroatoms. The van der Waals surface area contributed by atoms with Crippen molar-refractivity contribution in [1.29, 1.82) is 0 Å². The maximum atomic E-state index is 13.0. The zero-order valence-corrected chi connectivity index (χ0v) is 17.1. The summed E-state index contributed by atoms with van der Waals surface area (Å²) in [4.78, 5) is 37.6. The number of rotatable bonds is 7. The molecular weight excluding hydrogens is 402 g/mol. The highest BCUT2D eigenvalue weighted by atomic mass is 35.5. The quantitative estimate of drug-likeness (QED) is 0.449. The normalized spacial score (nSPS) is 11.4. The summed E-state index contributed by atoms with van der Waals surface area (Å²) in [6.07, 6.45) is -1.14. The fraction of sp³-hybridized carbons (Fsp3) is 0.125. The minimum atomic E-state index is -1.14. The molecule has 0 saturated carbocycles. The van der Waals surface area contributed by atoms with Crippen molar-refractivity contribution in [3.05, 3.63) is 106 Å². The standard InChI is InChI=1S/C24H20ClNO4/c1-16-7-9-19(10-8-16)24(29)26-15-21(27)30-23(18-11-13-20(25)14-12-18)22(28)17-5-3-2-4-6-17/h2-14,23H,15H2,1H3,(H,26,29)/t23-/m0/s1. The highest BCUT2D eigenvalue weighted by Gasteiger charge is 2.26. The van der Waals surface area contributed by atoms with E-state index in [9.17, 15) is 14.4 Å². The molecule has 1 amide bonds. The van der Waals surface area contributed by atoms with Gasteiger partial charge in [0.1, 0.15) is 6.54 Å². The van der Waals surface area contributed by atoms with Crippen LogP contribution in [0.2, 0.25) is 5.02 Å². The third kappa shape index (κ3) is 5.55. The zero-order chi connectivity index (χ0) is 21.5. The van der Waals surface area contributed by atoms with Crippen molar-refractivity contribution in [3.63, 3.8) is 0 Å². The monoisotopic (exact) mass is 421 g/mol. The van der Waals surface area contributed by atoms with Gasteiger partial charge in [0.15, 0.2) is 6.10 Å². The summed E-state index contributed by atoms with van der Waals surface area (Å²) in [5.74, 6) is -1.49. The molecular formula is C24H20ClNO4. The van der Waals surface area contributed by atoms with E-state index in [1.165, 1.54) is 0 Å². The van der Waals surface area contributed by atoms with Gasteiger partial charge < -0.3 is 10.1 Å². The minimum absolute atomic E-state index is 0.362. The summed E-state index contributed by atoms with van der Waals surface area (Å²) in [6, 6.07) is 22.0. The summed E-state index contributed by atoms with van der Waals surface area (Å²) in [5.41, 5.74) is 2.36. The number of carbonyl (C=O) groups is 3. The number of halogens is 1. The zero-order valence-electron chi connectivity index (χ0n) is 16.3. The van der Waals surface area contributed by atoms with Crippen LogP contribution in [-0.2, 0) is 9.53 Å². The van der Waals surface area contributed by atoms with Gasteiger partial charge >= 0.3 is 5.97 Å². The van der Waals surface area contributed by atoms with E-state index in [-0.39, 0.29) is 12.3 Å². The smallest absolute Gasteiger partial charge is 0.326 e. The van der Waals surface area contributed by atoms with Gasteiger partial charge in [-0.1, -0.05) is 71.8 Å². The number of hydrogen-bond donors (Lipinski definition) is 1. The van der Waals surface area contributed by atoms with Crippen LogP contribution in [-0.4, -0.2) is 24.2 Å². The Morgan fingerprint density at radius 2 is 1.50 bits per heavy atom. The first-order valence-electron chi connectivity index (χ1n) is 9.33. The van der Waals surface area contributed by atoms with E-state index in [1.54, 1.807) is 66.7 Å². The molecule has 152 valence electrons. The molecule has 5 nitrogen and oxygen atoms in total. The Balaban J connectivity index is 1.71. The van der Waals surface area contributed by atoms with Gasteiger partial charge in [0.05, 0.1) is 0 Å². The Labute approximate surface area is 179 Å². The fourth-order valence-electron chi connectivity index (χ4n) is 2.80. The van der Waals surface area contributed by atoms with Crippen LogP contribution in [0.1, 0.15) is 37.9 Å². The van der Waals surface area contributed by atoms with Crippen LogP contribution in [0, 0.1) is 6.92 Å². The number of carbonyl (C=O) groups excluding carboxylic acids is 3. The second kappa shape index (κ2) is 9.85. The number of esters is 1. The summed E-state index contributed by atoms with van der Waals surface area (Å²) >= 11 is 5.93. The summed E-state index contributed by atoms with van der Waals surface area (Å²) < 4.78 is 5.45. The average Bonchev–Trinajstić information content (AvgIpc) is 2.77. The maximum absolute atomic E-state index is 13.0. The van der Waals surface area contributed by atoms with E-state index in [4.69, 9.17) is 16.3 Å². The lowest BCUT2D eigenvalue weighted by atomic mass is 10.00. The number of ether oxygens (including phenoxy) is 1. The first-order valence-corrected chi connectivity index (χ1v) is 9.71. The Bertz CT molecular complexity index is 1030. The third-order valence-electron chi connectivity index (χ3n) is 4.43. The number of aryl methyl sites for hydroxylation is 1. The van der Waals surface area contributed by atoms with E-state index in [0.29, 0.717) is 21.7 Å². The summed E-state index contributed by atoms with van der Waals surface area (Å²) in [6.45, 7) is 1.55. The molecule has 0 unspecified atom stereocenters. The van der Waals surface area contributed by atoms with Crippen LogP contribution in [0.15, 0.2) is 78.9 Å². The van der Waals surface area contributed by atoms with Crippen LogP contribution in [0.4, 0.5) is 0 Å². The molecule has 0 aliphatic carbocycles. The molecule has 0 saturated heterocycles. The predicted octanol–water partition coefficient (Wildman–Crippen LogP) is 4.55. The molecule has 0 fully saturated rings. The van der Waals surface area contributed by atoms with E-state index < -0.39 is 18.0 Å². The van der Waals surface area contributed by atoms with Gasteiger partial charge in [-0.3, -0.25) is 14.4 Å². The van der Waals surface area contributed by atoms with Gasteiger partial charge in [-0.25, -0.2) is 0 Å². The van der Waals surface area contributed by atoms with Gasteiger partial charge in [0.2, 0.25) is 5.78 Å². The van der Waals surface area contributed by atoms with Crippen LogP contribution in [0.5, 0.6) is 0 Å². The number of hydrogen-bond acceptors (Lipinski definition) is 4. The van der Waals surface area contributed by atoms with E-state index in [1.807, 2.05) is 19.1 Å². The molecule has 0 spiro atoms. The minimum Gasteiger partial charge on any atom is -0.448 e. The first kappa shape index (κ1) is 21.3. The molecule has 0 aliphatic rings. The number of Topliss-reactive ketones (excluding diaryl/α,β-unsaturated/α-hetero) is 1. The lowest BCUT2D eigenvalue weighted by Crippen LogP contribution is -2.32. The molecule has 3 aromatic carbocycles. The summed E-state index contributed by atoms with van der Waals surface area (Å²) in [7, 11) is 0. The van der Waals surface area contributed by atoms with Crippen molar-refractivity contribution >= 4 is 29.3 Å². The average molecular weight is 422 g/mol. The highest BCUT2D eigenvalue weighted by Crippen LogP contribution is 2.24. The largest absolute Gasteiger partial charge is 0.448 e. The van der Waals surface area contributed by atoms with E-state index in [2.05, 4.69) is 5.32 Å². The molecule has 3 rings (SSSR count). The lowest BCUT2D eigenvalue weighted by molar-refractivity contribution is -0.146. The van der Waals surface area contributed by atoms with Crippen molar-refractivity contribution in [3.8, 4) is 0 Å². The van der Waals surface area contributed by atoms with Crippen LogP contribution in [0.3, 0.4) is 0 Å². The maximum Gasteiger partial charge on any atom is 0.326 e.